The van der Waals surface area contributed by atoms with E-state index < -0.39 is 10.7 Å². The molecule has 0 spiro atoms. The molecule has 0 aliphatic carbocycles. The quantitative estimate of drug-likeness (QED) is 0.518. The van der Waals surface area contributed by atoms with E-state index in [0.717, 1.165) is 13.0 Å². The average molecular weight is 375 g/mol. The summed E-state index contributed by atoms with van der Waals surface area (Å²) < 4.78 is 5.47. The van der Waals surface area contributed by atoms with E-state index in [0.29, 0.717) is 0 Å². The third kappa shape index (κ3) is 10.1. The summed E-state index contributed by atoms with van der Waals surface area (Å²) >= 11 is 10.3. The molecule has 0 rings (SSSR count). The Morgan fingerprint density at radius 3 is 2.20 bits per heavy atom. The number of hydrogen-bond acceptors (Lipinski definition) is 1. The maximum absolute atomic E-state index is 5.47. The number of halogens is 3. The molecule has 0 aromatic rings. The molecule has 0 saturated heterocycles. The molecular formula is C5H11Br3OTi. The van der Waals surface area contributed by atoms with Gasteiger partial charge in [0.2, 0.25) is 0 Å². The van der Waals surface area contributed by atoms with Gasteiger partial charge in [0.05, 0.1) is 0 Å². The molecule has 5 heteroatoms. The van der Waals surface area contributed by atoms with E-state index in [2.05, 4.69) is 46.4 Å². The molecule has 0 saturated carbocycles. The van der Waals surface area contributed by atoms with Crippen molar-refractivity contribution >= 4 is 39.5 Å². The molecular weight excluding hydrogens is 364 g/mol. The van der Waals surface area contributed by atoms with Crippen LogP contribution in [0.4, 0.5) is 0 Å². The van der Waals surface area contributed by atoms with Crippen molar-refractivity contribution in [2.24, 2.45) is 0 Å². The molecule has 62 valence electrons. The summed E-state index contributed by atoms with van der Waals surface area (Å²) in [5, 5.41) is 0. The molecule has 0 heterocycles. The molecule has 0 aromatic heterocycles. The first-order valence-electron chi connectivity index (χ1n) is 3.27. The van der Waals surface area contributed by atoms with Crippen LogP contribution in [-0.2, 0) is 14.0 Å². The number of rotatable bonds is 5. The monoisotopic (exact) mass is 372 g/mol. The molecule has 10 heavy (non-hydrogen) atoms. The van der Waals surface area contributed by atoms with E-state index in [1.807, 2.05) is 0 Å². The topological polar surface area (TPSA) is 9.23 Å². The van der Waals surface area contributed by atoms with E-state index in [-0.39, 0.29) is 0 Å². The molecule has 0 fully saturated rings. The van der Waals surface area contributed by atoms with E-state index in [4.69, 9.17) is 3.32 Å². The fourth-order valence-corrected chi connectivity index (χ4v) is 3.13. The first-order valence-corrected chi connectivity index (χ1v) is 15.5. The van der Waals surface area contributed by atoms with Crippen molar-refractivity contribution in [3.8, 4) is 0 Å². The number of unbranched alkanes of at least 4 members (excludes halogenated alkanes) is 2. The van der Waals surface area contributed by atoms with Gasteiger partial charge in [-0.05, 0) is 0 Å². The molecule has 0 aliphatic heterocycles. The molecule has 0 N–H and O–H groups in total. The van der Waals surface area contributed by atoms with Crippen LogP contribution in [0.1, 0.15) is 26.2 Å². The van der Waals surface area contributed by atoms with E-state index in [1.165, 1.54) is 12.8 Å². The predicted molar refractivity (Wildman–Crippen MR) is 52.3 cm³/mol. The standard InChI is InChI=1S/C5H11O.3BrH.Ti/c1-2-3-4-5-6;;;;/h2-5H2,1H3;3*1H;/q-1;;;;+4/p-3. The van der Waals surface area contributed by atoms with Crippen molar-refractivity contribution in [2.75, 3.05) is 6.61 Å². The Bertz CT molecular complexity index is 83.5. The van der Waals surface area contributed by atoms with Crippen molar-refractivity contribution in [1.82, 2.24) is 0 Å². The SMILES string of the molecule is CCCCC[O][Ti]([Br])([Br])[Br]. The zero-order valence-corrected chi connectivity index (χ0v) is 12.2. The van der Waals surface area contributed by atoms with Gasteiger partial charge in [-0.3, -0.25) is 0 Å². The van der Waals surface area contributed by atoms with Gasteiger partial charge in [0.25, 0.3) is 0 Å². The van der Waals surface area contributed by atoms with Gasteiger partial charge < -0.3 is 0 Å². The summed E-state index contributed by atoms with van der Waals surface area (Å²) in [5.74, 6) is 0. The van der Waals surface area contributed by atoms with Gasteiger partial charge in [-0.1, -0.05) is 0 Å². The van der Waals surface area contributed by atoms with Crippen molar-refractivity contribution in [2.45, 2.75) is 26.2 Å². The zero-order valence-electron chi connectivity index (χ0n) is 5.87. The van der Waals surface area contributed by atoms with Gasteiger partial charge in [-0.15, -0.1) is 0 Å². The van der Waals surface area contributed by atoms with Crippen LogP contribution in [-0.4, -0.2) is 6.61 Å². The third-order valence-electron chi connectivity index (χ3n) is 1.01. The third-order valence-corrected chi connectivity index (χ3v) is 4.68. The van der Waals surface area contributed by atoms with Crippen LogP contribution in [0, 0.1) is 0 Å². The molecule has 0 radical (unpaired) electrons. The summed E-state index contributed by atoms with van der Waals surface area (Å²) in [7, 11) is -2.21. The fraction of sp³-hybridized carbons (Fsp3) is 1.00. The maximum atomic E-state index is 5.47. The van der Waals surface area contributed by atoms with E-state index in [1.54, 1.807) is 0 Å². The predicted octanol–water partition coefficient (Wildman–Crippen LogP) is 4.19. The van der Waals surface area contributed by atoms with Crippen LogP contribution in [0.2, 0.25) is 0 Å². The van der Waals surface area contributed by atoms with Gasteiger partial charge >= 0.3 is 86.3 Å². The number of hydrogen-bond donors (Lipinski definition) is 0. The van der Waals surface area contributed by atoms with Gasteiger partial charge in [-0.2, -0.15) is 0 Å². The summed E-state index contributed by atoms with van der Waals surface area (Å²) in [6.45, 7) is 3.04. The average Bonchev–Trinajstić information content (AvgIpc) is 1.78. The van der Waals surface area contributed by atoms with Crippen LogP contribution in [0.5, 0.6) is 0 Å². The first-order chi connectivity index (χ1) is 4.56. The van der Waals surface area contributed by atoms with E-state index >= 15 is 0 Å². The van der Waals surface area contributed by atoms with Crippen LogP contribution in [0.3, 0.4) is 0 Å². The second-order valence-electron chi connectivity index (χ2n) is 2.00. The van der Waals surface area contributed by atoms with Crippen LogP contribution in [0.25, 0.3) is 0 Å². The Morgan fingerprint density at radius 2 is 1.80 bits per heavy atom. The second kappa shape index (κ2) is 6.61. The summed E-state index contributed by atoms with van der Waals surface area (Å²) in [6, 6.07) is 0. The van der Waals surface area contributed by atoms with Crippen molar-refractivity contribution in [3.63, 3.8) is 0 Å². The van der Waals surface area contributed by atoms with E-state index in [9.17, 15) is 0 Å². The van der Waals surface area contributed by atoms with Crippen LogP contribution in [0.15, 0.2) is 0 Å². The summed E-state index contributed by atoms with van der Waals surface area (Å²) in [5.41, 5.74) is 0. The van der Waals surface area contributed by atoms with Crippen molar-refractivity contribution < 1.29 is 14.0 Å². The first kappa shape index (κ1) is 12.1. The zero-order chi connectivity index (χ0) is 8.04. The summed E-state index contributed by atoms with van der Waals surface area (Å²) in [6.07, 6.45) is 3.66. The minimum absolute atomic E-state index is 0.857. The molecule has 0 aliphatic rings. The fourth-order valence-electron chi connectivity index (χ4n) is 0.540. The molecule has 0 amide bonds. The molecule has 0 unspecified atom stereocenters. The Labute approximate surface area is 85.3 Å². The molecule has 0 aromatic carbocycles. The Kier molecular flexibility index (Phi) is 8.01. The van der Waals surface area contributed by atoms with Crippen molar-refractivity contribution in [1.29, 1.82) is 0 Å². The summed E-state index contributed by atoms with van der Waals surface area (Å²) in [4.78, 5) is 0. The normalized spacial score (nSPS) is 12.0. The molecule has 1 nitrogen and oxygen atoms in total. The van der Waals surface area contributed by atoms with Crippen molar-refractivity contribution in [3.05, 3.63) is 0 Å². The van der Waals surface area contributed by atoms with Crippen LogP contribution < -0.4 is 0 Å². The second-order valence-corrected chi connectivity index (χ2v) is 30.8. The minimum atomic E-state index is -2.21. The Balaban J connectivity index is 3.04. The van der Waals surface area contributed by atoms with Gasteiger partial charge in [0, 0.05) is 0 Å². The molecule has 0 bridgehead atoms. The van der Waals surface area contributed by atoms with Crippen LogP contribution >= 0.6 is 39.5 Å². The Hall–Kier alpha value is 2.11. The van der Waals surface area contributed by atoms with Gasteiger partial charge in [0.1, 0.15) is 0 Å². The van der Waals surface area contributed by atoms with Gasteiger partial charge in [-0.25, -0.2) is 0 Å². The molecule has 0 atom stereocenters. The Morgan fingerprint density at radius 1 is 1.20 bits per heavy atom. The van der Waals surface area contributed by atoms with Gasteiger partial charge in [0.15, 0.2) is 0 Å².